The molecule has 0 spiro atoms. The zero-order chi connectivity index (χ0) is 78.1. The maximum absolute atomic E-state index is 12.4. The number of pyridine rings is 8. The van der Waals surface area contributed by atoms with Crippen LogP contribution in [0, 0.1) is 55.0 Å². The van der Waals surface area contributed by atoms with E-state index in [0.717, 1.165) is 89.2 Å². The molecule has 0 saturated carbocycles. The van der Waals surface area contributed by atoms with Gasteiger partial charge in [0, 0.05) is 306 Å². The molecule has 17 aromatic rings. The van der Waals surface area contributed by atoms with Crippen molar-refractivity contribution in [1.82, 2.24) is 39.9 Å². The predicted molar refractivity (Wildman–Crippen MR) is 424 cm³/mol. The minimum Gasteiger partial charge on any atom is -0.506 e. The molecule has 0 radical (unpaired) electrons. The van der Waals surface area contributed by atoms with Gasteiger partial charge in [-0.3, -0.25) is 19.9 Å². The van der Waals surface area contributed by atoms with Crippen molar-refractivity contribution in [3.8, 4) is 62.9 Å². The standard InChI is InChI=1S/C15H11NO.C11H8F3NO.C11H8N2O.C11H11NO2.C11H11NO.2C10H9NO.C9H7NO.8Zr/c17-14-9-8-12(11-5-2-1-3-6-11)13-7-4-10-16-15(13)14;1-6-2-3-7-4-8(11(12,13)14)5-9(16)10(7)15-6;1-7-3-4-8-9(12-2)5-6-10(14)11(8)13-7;1-7-6-10(14-2)8-4-3-5-9(13)11(8)12-7;1-7-6-8(2)12-11-9(7)4-3-5-10(11)13;1-7-4-5-9(12)10-8(7)3-2-6-11-10;1-7-5-6-8-3-2-4-9(12)10(8)11-7;11-8-5-1-3-7-4-2-6-10-9(7)8;;;;;;;;/h1-10,17H;2-5,16H,1H3;3-6,14H,1H3;3-6,13H,1-2H3;3-6,13H,1-2H3;2*2-6,12H,1H3;1-6,11H;;;;;;;;. The number of hydrogen-bond donors (Lipinski definition) is 8. The number of rotatable bonds is 2. The van der Waals surface area contributed by atoms with E-state index in [4.69, 9.17) is 11.3 Å². The Labute approximate surface area is 826 Å². The van der Waals surface area contributed by atoms with Crippen molar-refractivity contribution in [3.05, 3.63) is 312 Å². The molecule has 0 aliphatic heterocycles. The number of benzene rings is 9. The van der Waals surface area contributed by atoms with Gasteiger partial charge >= 0.3 is 6.18 Å². The molecule has 18 nitrogen and oxygen atoms in total. The molecule has 0 fully saturated rings. The summed E-state index contributed by atoms with van der Waals surface area (Å²) in [6, 6.07) is 69.5. The van der Waals surface area contributed by atoms with Crippen molar-refractivity contribution >= 4 is 92.9 Å². The SMILES string of the molecule is COc1cc(C)nc2c(O)cccc12.Cc1cc(C)c2cccc(O)c2n1.Cc1ccc(O)c2ncccc12.Cc1ccc2cc(C(F)(F)F)cc(O)c2n1.Cc1ccc2cccc(O)c2n1.Oc1ccc(-c2ccccc2)c2cccnc12.Oc1cccc2cccnc12.[C-]#[N+]c1ccc(O)c2nc(C)ccc12.[Zr].[Zr].[Zr].[Zr].[Zr].[Zr].[Zr].[Zr]. The maximum Gasteiger partial charge on any atom is 0.416 e. The zero-order valence-electron chi connectivity index (χ0n) is 64.4. The molecule has 0 aliphatic carbocycles. The minimum atomic E-state index is -4.46. The number of phenols is 8. The monoisotopic (exact) mass is 2180 g/mol. The summed E-state index contributed by atoms with van der Waals surface area (Å²) in [6.07, 6.45) is 0.580. The van der Waals surface area contributed by atoms with Crippen LogP contribution in [0.1, 0.15) is 45.2 Å². The number of phenolic OH excluding ortho intramolecular Hbond substituents is 8. The van der Waals surface area contributed by atoms with E-state index in [1.807, 2.05) is 181 Å². The van der Waals surface area contributed by atoms with E-state index < -0.39 is 17.5 Å². The molecule has 8 aromatic heterocycles. The van der Waals surface area contributed by atoms with Crippen molar-refractivity contribution in [2.24, 2.45) is 0 Å². The van der Waals surface area contributed by atoms with Gasteiger partial charge in [0.25, 0.3) is 0 Å². The summed E-state index contributed by atoms with van der Waals surface area (Å²) < 4.78 is 42.5. The Hall–Kier alpha value is -7.20. The number of para-hydroxylation sites is 4. The molecule has 0 atom stereocenters. The maximum atomic E-state index is 12.4. The van der Waals surface area contributed by atoms with E-state index in [-0.39, 0.29) is 261 Å². The number of methoxy groups -OCH3 is 1. The summed E-state index contributed by atoms with van der Waals surface area (Å²) in [7, 11) is 1.61. The second-order valence-corrected chi connectivity index (χ2v) is 24.8. The Morgan fingerprint density at radius 1 is 0.308 bits per heavy atom. The first-order valence-electron chi connectivity index (χ1n) is 33.9. The summed E-state index contributed by atoms with van der Waals surface area (Å²) in [5.74, 6) is 1.80. The van der Waals surface area contributed by atoms with Gasteiger partial charge in [0.15, 0.2) is 5.69 Å². The van der Waals surface area contributed by atoms with Crippen LogP contribution in [0.5, 0.6) is 51.7 Å². The van der Waals surface area contributed by atoms with Gasteiger partial charge in [-0.1, -0.05) is 121 Å². The Kier molecular flexibility index (Phi) is 45.4. The third-order valence-corrected chi connectivity index (χ3v) is 16.8. The number of ether oxygens (including phenoxy) is 1. The first-order chi connectivity index (χ1) is 52.3. The van der Waals surface area contributed by atoms with Crippen LogP contribution in [-0.4, -0.2) is 87.8 Å². The average Bonchev–Trinajstić information content (AvgIpc) is 0.528. The molecule has 8 heterocycles. The smallest absolute Gasteiger partial charge is 0.416 e. The summed E-state index contributed by atoms with van der Waals surface area (Å²) in [5.41, 5.74) is 12.9. The molecular formula is C88H74F3N9O9Zr8. The topological polar surface area (TPSA) is 279 Å². The number of aryl methyl sites for hydroxylation is 7. The van der Waals surface area contributed by atoms with Crippen LogP contribution in [0.25, 0.3) is 103 Å². The largest absolute Gasteiger partial charge is 0.506 e. The minimum absolute atomic E-state index is 0. The van der Waals surface area contributed by atoms with Crippen LogP contribution in [0.15, 0.2) is 255 Å². The van der Waals surface area contributed by atoms with E-state index in [1.54, 1.807) is 93.3 Å². The molecule has 8 N–H and O–H groups in total. The predicted octanol–water partition coefficient (Wildman–Crippen LogP) is 20.9. The van der Waals surface area contributed by atoms with Crippen LogP contribution in [0.4, 0.5) is 18.9 Å². The Morgan fingerprint density at radius 3 is 1.26 bits per heavy atom. The Balaban J connectivity index is 0.000000450. The summed E-state index contributed by atoms with van der Waals surface area (Å²) in [4.78, 5) is 36.6. The van der Waals surface area contributed by atoms with Gasteiger partial charge < -0.3 is 45.6 Å². The molecule has 0 unspecified atom stereocenters. The van der Waals surface area contributed by atoms with E-state index in [2.05, 4.69) is 56.8 Å². The van der Waals surface area contributed by atoms with E-state index in [1.165, 1.54) is 12.1 Å². The second-order valence-electron chi connectivity index (χ2n) is 24.8. The van der Waals surface area contributed by atoms with Crippen LogP contribution in [0.2, 0.25) is 0 Å². The average molecular weight is 2190 g/mol. The van der Waals surface area contributed by atoms with Crippen molar-refractivity contribution in [2.45, 2.75) is 54.6 Å². The summed E-state index contributed by atoms with van der Waals surface area (Å²) in [5, 5.41) is 82.9. The first-order valence-corrected chi connectivity index (χ1v) is 33.9. The van der Waals surface area contributed by atoms with Gasteiger partial charge in [-0.15, -0.1) is 0 Å². The number of aromatic nitrogens is 8. The van der Waals surface area contributed by atoms with Gasteiger partial charge in [-0.05, 0) is 180 Å². The van der Waals surface area contributed by atoms with Gasteiger partial charge in [0.05, 0.1) is 19.2 Å². The molecular weight excluding hydrogens is 2110 g/mol. The third kappa shape index (κ3) is 28.2. The zero-order valence-corrected chi connectivity index (χ0v) is 84.1. The Bertz CT molecular complexity index is 6160. The second kappa shape index (κ2) is 50.1. The van der Waals surface area contributed by atoms with Gasteiger partial charge in [0.2, 0.25) is 0 Å². The molecule has 117 heavy (non-hydrogen) atoms. The van der Waals surface area contributed by atoms with Gasteiger partial charge in [-0.25, -0.2) is 24.8 Å². The number of nitrogens with zero attached hydrogens (tertiary/aromatic N) is 9. The molecule has 9 aromatic carbocycles. The summed E-state index contributed by atoms with van der Waals surface area (Å²) >= 11 is 0. The summed E-state index contributed by atoms with van der Waals surface area (Å²) in [6.45, 7) is 20.3. The van der Waals surface area contributed by atoms with Crippen molar-refractivity contribution in [3.63, 3.8) is 0 Å². The molecule has 578 valence electrons. The number of aromatic hydroxyl groups is 8. The normalized spacial score (nSPS) is 9.90. The molecule has 0 amide bonds. The fourth-order valence-electron chi connectivity index (χ4n) is 11.6. The van der Waals surface area contributed by atoms with Gasteiger partial charge in [-0.2, -0.15) is 13.2 Å². The molecule has 17 rings (SSSR count). The molecule has 0 aliphatic rings. The first kappa shape index (κ1) is 106. The van der Waals surface area contributed by atoms with Crippen LogP contribution >= 0.6 is 0 Å². The van der Waals surface area contributed by atoms with E-state index in [0.29, 0.717) is 61.5 Å². The van der Waals surface area contributed by atoms with Crippen LogP contribution < -0.4 is 4.74 Å². The van der Waals surface area contributed by atoms with Crippen molar-refractivity contribution < 1.29 is 268 Å². The Morgan fingerprint density at radius 2 is 0.701 bits per heavy atom. The van der Waals surface area contributed by atoms with Crippen LogP contribution in [0.3, 0.4) is 0 Å². The van der Waals surface area contributed by atoms with Crippen molar-refractivity contribution in [1.29, 1.82) is 0 Å². The number of alkyl halides is 3. The number of fused-ring (bicyclic) bond motifs is 8. The number of halogens is 3. The fraction of sp³-hybridized carbons (Fsp3) is 0.102. The fourth-order valence-corrected chi connectivity index (χ4v) is 11.6. The van der Waals surface area contributed by atoms with Gasteiger partial charge in [0.1, 0.15) is 95.9 Å². The molecule has 29 heteroatoms. The molecule has 0 saturated heterocycles. The third-order valence-electron chi connectivity index (χ3n) is 16.8. The molecule has 0 bridgehead atoms. The quantitative estimate of drug-likeness (QED) is 0.0747. The van der Waals surface area contributed by atoms with Crippen molar-refractivity contribution in [2.75, 3.05) is 7.11 Å². The van der Waals surface area contributed by atoms with E-state index in [9.17, 15) is 54.0 Å². The van der Waals surface area contributed by atoms with Crippen LogP contribution in [-0.2, 0) is 216 Å². The number of hydrogen-bond acceptors (Lipinski definition) is 17. The van der Waals surface area contributed by atoms with E-state index >= 15 is 0 Å².